The van der Waals surface area contributed by atoms with Crippen molar-refractivity contribution in [3.8, 4) is 0 Å². The average molecular weight is 296 g/mol. The summed E-state index contributed by atoms with van der Waals surface area (Å²) in [7, 11) is -3.26. The van der Waals surface area contributed by atoms with Crippen LogP contribution in [-0.2, 0) is 10.0 Å². The molecule has 5 heteroatoms. The normalized spacial score (nSPS) is 17.1. The molecule has 20 heavy (non-hydrogen) atoms. The first kappa shape index (κ1) is 15.2. The fourth-order valence-electron chi connectivity index (χ4n) is 2.79. The summed E-state index contributed by atoms with van der Waals surface area (Å²) in [5, 5.41) is -0.222. The van der Waals surface area contributed by atoms with Crippen LogP contribution in [0, 0.1) is 0 Å². The van der Waals surface area contributed by atoms with Crippen LogP contribution in [0.25, 0.3) is 0 Å². The van der Waals surface area contributed by atoms with Gasteiger partial charge in [-0.1, -0.05) is 26.2 Å². The first-order valence-corrected chi connectivity index (χ1v) is 8.93. The van der Waals surface area contributed by atoms with Crippen molar-refractivity contribution in [2.24, 2.45) is 0 Å². The summed E-state index contributed by atoms with van der Waals surface area (Å²) in [5.74, 6) is 0. The fourth-order valence-corrected chi connectivity index (χ4v) is 4.93. The van der Waals surface area contributed by atoms with E-state index in [4.69, 9.17) is 5.73 Å². The highest BCUT2D eigenvalue weighted by atomic mass is 32.2. The Bertz CT molecular complexity index is 519. The molecule has 1 fully saturated rings. The molecule has 0 unspecified atom stereocenters. The number of hydrogen-bond acceptors (Lipinski definition) is 3. The van der Waals surface area contributed by atoms with Crippen molar-refractivity contribution in [3.63, 3.8) is 0 Å². The van der Waals surface area contributed by atoms with Gasteiger partial charge >= 0.3 is 0 Å². The van der Waals surface area contributed by atoms with Gasteiger partial charge in [0.2, 0.25) is 10.0 Å². The maximum absolute atomic E-state index is 12.9. The van der Waals surface area contributed by atoms with Crippen molar-refractivity contribution >= 4 is 21.4 Å². The van der Waals surface area contributed by atoms with Crippen molar-refractivity contribution in [3.05, 3.63) is 24.3 Å². The van der Waals surface area contributed by atoms with Crippen LogP contribution in [0.1, 0.15) is 45.4 Å². The summed E-state index contributed by atoms with van der Waals surface area (Å²) >= 11 is 0. The van der Waals surface area contributed by atoms with Crippen LogP contribution in [0.15, 0.2) is 24.3 Å². The lowest BCUT2D eigenvalue weighted by Crippen LogP contribution is -2.40. The number of nitrogens with two attached hydrogens (primary N) is 1. The predicted molar refractivity (Wildman–Crippen MR) is 84.3 cm³/mol. The van der Waals surface area contributed by atoms with E-state index in [9.17, 15) is 8.42 Å². The lowest BCUT2D eigenvalue weighted by atomic mass is 10.0. The molecular weight excluding hydrogens is 272 g/mol. The van der Waals surface area contributed by atoms with Gasteiger partial charge in [0.05, 0.1) is 10.9 Å². The lowest BCUT2D eigenvalue weighted by molar-refractivity contribution is 0.481. The zero-order valence-corrected chi connectivity index (χ0v) is 12.9. The second kappa shape index (κ2) is 6.48. The Labute approximate surface area is 122 Å². The van der Waals surface area contributed by atoms with Gasteiger partial charge in [-0.05, 0) is 43.5 Å². The molecule has 0 saturated heterocycles. The molecule has 0 aliphatic heterocycles. The zero-order chi connectivity index (χ0) is 14.6. The third-order valence-corrected chi connectivity index (χ3v) is 6.21. The summed E-state index contributed by atoms with van der Waals surface area (Å²) in [6.45, 7) is 2.53. The van der Waals surface area contributed by atoms with Gasteiger partial charge in [0.1, 0.15) is 0 Å². The van der Waals surface area contributed by atoms with E-state index in [0.29, 0.717) is 12.2 Å². The van der Waals surface area contributed by atoms with Gasteiger partial charge in [-0.25, -0.2) is 8.42 Å². The minimum atomic E-state index is -3.26. The number of rotatable bonds is 5. The Balaban J connectivity index is 2.28. The predicted octanol–water partition coefficient (Wildman–Crippen LogP) is 3.15. The van der Waals surface area contributed by atoms with Gasteiger partial charge in [-0.15, -0.1) is 0 Å². The van der Waals surface area contributed by atoms with Crippen molar-refractivity contribution < 1.29 is 8.42 Å². The Morgan fingerprint density at radius 2 is 1.75 bits per heavy atom. The molecule has 1 aromatic carbocycles. The molecule has 0 radical (unpaired) electrons. The van der Waals surface area contributed by atoms with Crippen molar-refractivity contribution in [1.29, 1.82) is 0 Å². The molecule has 1 aliphatic carbocycles. The van der Waals surface area contributed by atoms with Gasteiger partial charge in [0, 0.05) is 12.2 Å². The molecule has 0 atom stereocenters. The standard InChI is InChI=1S/C15H24N2O2S/c1-2-12-17(14-10-8-13(16)9-11-14)20(18,19)15-6-4-3-5-7-15/h8-11,15H,2-7,12,16H2,1H3. The van der Waals surface area contributed by atoms with E-state index in [-0.39, 0.29) is 5.25 Å². The Hall–Kier alpha value is -1.23. The van der Waals surface area contributed by atoms with E-state index >= 15 is 0 Å². The molecule has 2 rings (SSSR count). The van der Waals surface area contributed by atoms with E-state index in [2.05, 4.69) is 0 Å². The Morgan fingerprint density at radius 1 is 1.15 bits per heavy atom. The van der Waals surface area contributed by atoms with Crippen LogP contribution < -0.4 is 10.0 Å². The summed E-state index contributed by atoms with van der Waals surface area (Å²) in [5.41, 5.74) is 7.07. The maximum Gasteiger partial charge on any atom is 0.238 e. The summed E-state index contributed by atoms with van der Waals surface area (Å²) in [6.07, 6.45) is 5.57. The molecule has 0 amide bonds. The maximum atomic E-state index is 12.9. The highest BCUT2D eigenvalue weighted by Crippen LogP contribution is 2.29. The second-order valence-electron chi connectivity index (χ2n) is 5.47. The second-order valence-corrected chi connectivity index (χ2v) is 7.61. The quantitative estimate of drug-likeness (QED) is 0.849. The van der Waals surface area contributed by atoms with Gasteiger partial charge < -0.3 is 5.73 Å². The molecule has 0 bridgehead atoms. The monoisotopic (exact) mass is 296 g/mol. The summed E-state index contributed by atoms with van der Waals surface area (Å²) in [6, 6.07) is 7.11. The number of nitrogen functional groups attached to an aromatic ring is 1. The highest BCUT2D eigenvalue weighted by molar-refractivity contribution is 7.93. The fraction of sp³-hybridized carbons (Fsp3) is 0.600. The van der Waals surface area contributed by atoms with Gasteiger partial charge in [0.15, 0.2) is 0 Å². The van der Waals surface area contributed by atoms with E-state index in [1.807, 2.05) is 6.92 Å². The van der Waals surface area contributed by atoms with Crippen LogP contribution >= 0.6 is 0 Å². The molecule has 0 spiro atoms. The highest BCUT2D eigenvalue weighted by Gasteiger charge is 2.32. The number of sulfonamides is 1. The van der Waals surface area contributed by atoms with Gasteiger partial charge in [-0.3, -0.25) is 4.31 Å². The van der Waals surface area contributed by atoms with Crippen molar-refractivity contribution in [2.75, 3.05) is 16.6 Å². The topological polar surface area (TPSA) is 63.4 Å². The molecule has 1 saturated carbocycles. The third kappa shape index (κ3) is 3.26. The minimum absolute atomic E-state index is 0.222. The van der Waals surface area contributed by atoms with Gasteiger partial charge in [-0.2, -0.15) is 0 Å². The van der Waals surface area contributed by atoms with Gasteiger partial charge in [0.25, 0.3) is 0 Å². The van der Waals surface area contributed by atoms with Crippen LogP contribution in [-0.4, -0.2) is 20.2 Å². The first-order valence-electron chi connectivity index (χ1n) is 7.43. The number of hydrogen-bond donors (Lipinski definition) is 1. The van der Waals surface area contributed by atoms with E-state index in [1.54, 1.807) is 28.6 Å². The average Bonchev–Trinajstić information content (AvgIpc) is 2.47. The Morgan fingerprint density at radius 3 is 2.30 bits per heavy atom. The molecule has 1 aromatic rings. The molecule has 112 valence electrons. The molecule has 2 N–H and O–H groups in total. The number of anilines is 2. The smallest absolute Gasteiger partial charge is 0.238 e. The number of benzene rings is 1. The largest absolute Gasteiger partial charge is 0.399 e. The Kier molecular flexibility index (Phi) is 4.91. The molecule has 0 aromatic heterocycles. The lowest BCUT2D eigenvalue weighted by Gasteiger charge is -2.31. The molecule has 1 aliphatic rings. The molecule has 4 nitrogen and oxygen atoms in total. The summed E-state index contributed by atoms with van der Waals surface area (Å²) < 4.78 is 27.3. The zero-order valence-electron chi connectivity index (χ0n) is 12.1. The number of nitrogens with zero attached hydrogens (tertiary/aromatic N) is 1. The van der Waals surface area contributed by atoms with Crippen molar-refractivity contribution in [2.45, 2.75) is 50.7 Å². The van der Waals surface area contributed by atoms with Crippen LogP contribution in [0.5, 0.6) is 0 Å². The SMILES string of the molecule is CCCN(c1ccc(N)cc1)S(=O)(=O)C1CCCCC1. The van der Waals surface area contributed by atoms with Crippen molar-refractivity contribution in [1.82, 2.24) is 0 Å². The first-order chi connectivity index (χ1) is 9.55. The van der Waals surface area contributed by atoms with E-state index in [1.165, 1.54) is 0 Å². The van der Waals surface area contributed by atoms with Crippen LogP contribution in [0.2, 0.25) is 0 Å². The third-order valence-electron chi connectivity index (χ3n) is 3.89. The van der Waals surface area contributed by atoms with Crippen LogP contribution in [0.4, 0.5) is 11.4 Å². The van der Waals surface area contributed by atoms with E-state index < -0.39 is 10.0 Å². The minimum Gasteiger partial charge on any atom is -0.399 e. The summed E-state index contributed by atoms with van der Waals surface area (Å²) in [4.78, 5) is 0. The van der Waals surface area contributed by atoms with E-state index in [0.717, 1.165) is 44.2 Å². The molecular formula is C15H24N2O2S. The molecule has 0 heterocycles. The van der Waals surface area contributed by atoms with Crippen LogP contribution in [0.3, 0.4) is 0 Å².